The molecule has 0 bridgehead atoms. The minimum atomic E-state index is -0.335. The van der Waals surface area contributed by atoms with Crippen molar-refractivity contribution < 1.29 is 9.59 Å². The number of hydrogen-bond donors (Lipinski definition) is 1. The van der Waals surface area contributed by atoms with Crippen molar-refractivity contribution in [2.24, 2.45) is 0 Å². The van der Waals surface area contributed by atoms with Crippen LogP contribution in [0.2, 0.25) is 0 Å². The largest absolute Gasteiger partial charge is 0.288 e. The first-order valence-corrected chi connectivity index (χ1v) is 9.88. The summed E-state index contributed by atoms with van der Waals surface area (Å²) in [5.74, 6) is -0.671. The van der Waals surface area contributed by atoms with Crippen LogP contribution in [-0.4, -0.2) is 16.8 Å². The molecule has 0 saturated carbocycles. The number of benzene rings is 2. The molecule has 0 unspecified atom stereocenters. The fraction of sp³-hybridized carbons (Fsp3) is 0.333. The Bertz CT molecular complexity index is 955. The third kappa shape index (κ3) is 3.86. The highest BCUT2D eigenvalue weighted by Crippen LogP contribution is 2.27. The highest BCUT2D eigenvalue weighted by Gasteiger charge is 2.24. The number of imide groups is 1. The molecular weight excluding hydrogens is 348 g/mol. The van der Waals surface area contributed by atoms with E-state index in [0.29, 0.717) is 0 Å². The molecule has 28 heavy (non-hydrogen) atoms. The number of aryl methyl sites for hydroxylation is 4. The second-order valence-corrected chi connectivity index (χ2v) is 7.48. The molecule has 146 valence electrons. The van der Waals surface area contributed by atoms with Crippen LogP contribution in [-0.2, 0) is 28.9 Å². The molecule has 1 N–H and O–H groups in total. The zero-order chi connectivity index (χ0) is 20.4. The smallest absolute Gasteiger partial charge is 0.272 e. The van der Waals surface area contributed by atoms with Gasteiger partial charge in [-0.1, -0.05) is 38.1 Å². The number of carbonyl (C=O) groups excluding carboxylic acids is 2. The average molecular weight is 377 g/mol. The van der Waals surface area contributed by atoms with Crippen LogP contribution >= 0.6 is 0 Å². The molecule has 1 aliphatic heterocycles. The Morgan fingerprint density at radius 1 is 0.786 bits per heavy atom. The van der Waals surface area contributed by atoms with Gasteiger partial charge in [0.1, 0.15) is 0 Å². The second-order valence-electron chi connectivity index (χ2n) is 7.48. The minimum absolute atomic E-state index is 0.335. The number of carbonyl (C=O) groups is 2. The third-order valence-electron chi connectivity index (χ3n) is 5.51. The SMILES string of the molecule is CCc1cc(Cc2cc(C)c(NN3C(=O)C=CC3=O)c(CC)c2)cc(C)c1C. The van der Waals surface area contributed by atoms with E-state index < -0.39 is 0 Å². The molecule has 4 heteroatoms. The minimum Gasteiger partial charge on any atom is -0.288 e. The number of rotatable bonds is 6. The number of nitrogens with one attached hydrogen (secondary N) is 1. The molecule has 0 aliphatic carbocycles. The van der Waals surface area contributed by atoms with Crippen molar-refractivity contribution in [1.29, 1.82) is 0 Å². The van der Waals surface area contributed by atoms with Crippen molar-refractivity contribution in [2.45, 2.75) is 53.9 Å². The van der Waals surface area contributed by atoms with Gasteiger partial charge in [0.05, 0.1) is 5.69 Å². The summed E-state index contributed by atoms with van der Waals surface area (Å²) in [6, 6.07) is 8.90. The standard InChI is InChI=1S/C24H28N2O2/c1-6-20-13-18(10-15(3)17(20)5)12-19-11-16(4)24(21(7-2)14-19)25-26-22(27)8-9-23(26)28/h8-11,13-14,25H,6-7,12H2,1-5H3. The van der Waals surface area contributed by atoms with Crippen molar-refractivity contribution in [2.75, 3.05) is 5.43 Å². The molecule has 1 heterocycles. The van der Waals surface area contributed by atoms with Crippen LogP contribution < -0.4 is 5.43 Å². The van der Waals surface area contributed by atoms with Gasteiger partial charge in [-0.25, -0.2) is 0 Å². The summed E-state index contributed by atoms with van der Waals surface area (Å²) >= 11 is 0. The summed E-state index contributed by atoms with van der Waals surface area (Å²) in [6.07, 6.45) is 5.29. The second kappa shape index (κ2) is 8.01. The Kier molecular flexibility index (Phi) is 5.68. The van der Waals surface area contributed by atoms with Gasteiger partial charge in [0.25, 0.3) is 11.8 Å². The molecule has 2 aromatic carbocycles. The molecule has 0 radical (unpaired) electrons. The van der Waals surface area contributed by atoms with E-state index in [9.17, 15) is 9.59 Å². The van der Waals surface area contributed by atoms with Gasteiger partial charge in [0.15, 0.2) is 0 Å². The molecule has 0 atom stereocenters. The van der Waals surface area contributed by atoms with E-state index >= 15 is 0 Å². The average Bonchev–Trinajstić information content (AvgIpc) is 2.98. The van der Waals surface area contributed by atoms with Gasteiger partial charge in [-0.3, -0.25) is 15.0 Å². The van der Waals surface area contributed by atoms with E-state index in [0.717, 1.165) is 41.1 Å². The van der Waals surface area contributed by atoms with Gasteiger partial charge in [-0.15, -0.1) is 0 Å². The molecule has 0 fully saturated rings. The van der Waals surface area contributed by atoms with Crippen LogP contribution in [0.3, 0.4) is 0 Å². The van der Waals surface area contributed by atoms with Gasteiger partial charge < -0.3 is 0 Å². The van der Waals surface area contributed by atoms with E-state index in [-0.39, 0.29) is 11.8 Å². The zero-order valence-electron chi connectivity index (χ0n) is 17.3. The fourth-order valence-electron chi connectivity index (χ4n) is 3.82. The Balaban J connectivity index is 1.90. The van der Waals surface area contributed by atoms with Crippen molar-refractivity contribution in [3.63, 3.8) is 0 Å². The van der Waals surface area contributed by atoms with E-state index in [2.05, 4.69) is 57.4 Å². The Morgan fingerprint density at radius 2 is 1.32 bits per heavy atom. The molecule has 1 aliphatic rings. The van der Waals surface area contributed by atoms with Crippen molar-refractivity contribution in [3.05, 3.63) is 75.4 Å². The number of anilines is 1. The Morgan fingerprint density at radius 3 is 1.89 bits per heavy atom. The number of hydrogen-bond acceptors (Lipinski definition) is 3. The lowest BCUT2D eigenvalue weighted by molar-refractivity contribution is -0.135. The lowest BCUT2D eigenvalue weighted by Crippen LogP contribution is -2.36. The van der Waals surface area contributed by atoms with E-state index in [4.69, 9.17) is 0 Å². The number of hydrazine groups is 1. The highest BCUT2D eigenvalue weighted by atomic mass is 16.2. The molecular formula is C24H28N2O2. The summed E-state index contributed by atoms with van der Waals surface area (Å²) in [7, 11) is 0. The predicted molar refractivity (Wildman–Crippen MR) is 113 cm³/mol. The van der Waals surface area contributed by atoms with Crippen molar-refractivity contribution in [3.8, 4) is 0 Å². The van der Waals surface area contributed by atoms with Gasteiger partial charge >= 0.3 is 0 Å². The lowest BCUT2D eigenvalue weighted by Gasteiger charge is -2.22. The van der Waals surface area contributed by atoms with Crippen LogP contribution in [0.4, 0.5) is 5.69 Å². The summed E-state index contributed by atoms with van der Waals surface area (Å²) in [4.78, 5) is 23.8. The first-order chi connectivity index (χ1) is 13.3. The van der Waals surface area contributed by atoms with Gasteiger partial charge in [0, 0.05) is 12.2 Å². The first-order valence-electron chi connectivity index (χ1n) is 9.88. The molecule has 0 spiro atoms. The molecule has 3 rings (SSSR count). The van der Waals surface area contributed by atoms with Crippen molar-refractivity contribution >= 4 is 17.5 Å². The fourth-order valence-corrected chi connectivity index (χ4v) is 3.82. The maximum Gasteiger partial charge on any atom is 0.272 e. The predicted octanol–water partition coefficient (Wildman–Crippen LogP) is 4.58. The summed E-state index contributed by atoms with van der Waals surface area (Å²) in [6.45, 7) is 10.7. The van der Waals surface area contributed by atoms with E-state index in [1.165, 1.54) is 40.0 Å². The summed E-state index contributed by atoms with van der Waals surface area (Å²) < 4.78 is 0. The Labute approximate surface area is 167 Å². The molecule has 2 aromatic rings. The highest BCUT2D eigenvalue weighted by molar-refractivity contribution is 6.13. The van der Waals surface area contributed by atoms with Gasteiger partial charge in [-0.05, 0) is 79.0 Å². The molecule has 0 saturated heterocycles. The van der Waals surface area contributed by atoms with Crippen LogP contribution in [0.15, 0.2) is 36.4 Å². The summed E-state index contributed by atoms with van der Waals surface area (Å²) in [5.41, 5.74) is 12.7. The van der Waals surface area contributed by atoms with Crippen molar-refractivity contribution in [1.82, 2.24) is 5.01 Å². The Hall–Kier alpha value is -2.88. The lowest BCUT2D eigenvalue weighted by atomic mass is 9.93. The van der Waals surface area contributed by atoms with Crippen LogP contribution in [0.25, 0.3) is 0 Å². The maximum absolute atomic E-state index is 11.9. The molecule has 2 amide bonds. The molecule has 4 nitrogen and oxygen atoms in total. The first kappa shape index (κ1) is 19.9. The number of amides is 2. The van der Waals surface area contributed by atoms with E-state index in [1.807, 2.05) is 6.92 Å². The number of nitrogens with zero attached hydrogens (tertiary/aromatic N) is 1. The monoisotopic (exact) mass is 376 g/mol. The van der Waals surface area contributed by atoms with Gasteiger partial charge in [-0.2, -0.15) is 5.01 Å². The van der Waals surface area contributed by atoms with Crippen LogP contribution in [0.1, 0.15) is 52.8 Å². The maximum atomic E-state index is 11.9. The van der Waals surface area contributed by atoms with E-state index in [1.54, 1.807) is 0 Å². The van der Waals surface area contributed by atoms with Crippen LogP contribution in [0, 0.1) is 20.8 Å². The zero-order valence-corrected chi connectivity index (χ0v) is 17.3. The van der Waals surface area contributed by atoms with Gasteiger partial charge in [0.2, 0.25) is 0 Å². The molecule has 0 aromatic heterocycles. The normalized spacial score (nSPS) is 13.5. The van der Waals surface area contributed by atoms with Crippen LogP contribution in [0.5, 0.6) is 0 Å². The quantitative estimate of drug-likeness (QED) is 0.751. The third-order valence-corrected chi connectivity index (χ3v) is 5.51. The summed E-state index contributed by atoms with van der Waals surface area (Å²) in [5, 5.41) is 1.07. The topological polar surface area (TPSA) is 49.4 Å².